The van der Waals surface area contributed by atoms with Gasteiger partial charge in [-0.25, -0.2) is 4.98 Å². The Kier molecular flexibility index (Phi) is 2.49. The molecule has 1 amide bonds. The van der Waals surface area contributed by atoms with E-state index in [2.05, 4.69) is 15.3 Å². The smallest absolute Gasteiger partial charge is 0.255 e. The predicted octanol–water partition coefficient (Wildman–Crippen LogP) is 1.98. The summed E-state index contributed by atoms with van der Waals surface area (Å²) in [6.07, 6.45) is 8.47. The van der Waals surface area contributed by atoms with E-state index < -0.39 is 0 Å². The number of nitrogens with zero attached hydrogens (tertiary/aromatic N) is 3. The second-order valence-electron chi connectivity index (χ2n) is 3.84. The molecule has 0 aliphatic rings. The molecule has 0 saturated heterocycles. The van der Waals surface area contributed by atoms with Crippen LogP contribution in [0.5, 0.6) is 0 Å². The summed E-state index contributed by atoms with van der Waals surface area (Å²) >= 11 is 0. The monoisotopic (exact) mass is 238 g/mol. The first-order valence-electron chi connectivity index (χ1n) is 5.46. The number of amides is 1. The van der Waals surface area contributed by atoms with Crippen molar-refractivity contribution in [2.45, 2.75) is 0 Å². The van der Waals surface area contributed by atoms with Crippen molar-refractivity contribution in [1.82, 2.24) is 14.4 Å². The van der Waals surface area contributed by atoms with Gasteiger partial charge in [-0.3, -0.25) is 9.78 Å². The molecular formula is C13H10N4O. The standard InChI is InChI=1S/C13H10N4O/c18-13(16-11-2-1-4-14-7-11)10-3-5-17-9-15-8-12(17)6-10/h1-9H,(H,16,18). The van der Waals surface area contributed by atoms with E-state index in [-0.39, 0.29) is 5.91 Å². The average molecular weight is 238 g/mol. The van der Waals surface area contributed by atoms with E-state index in [0.29, 0.717) is 11.3 Å². The maximum absolute atomic E-state index is 12.0. The molecule has 0 spiro atoms. The Morgan fingerprint density at radius 2 is 2.17 bits per heavy atom. The molecular weight excluding hydrogens is 228 g/mol. The van der Waals surface area contributed by atoms with Crippen LogP contribution in [-0.4, -0.2) is 20.3 Å². The van der Waals surface area contributed by atoms with E-state index in [4.69, 9.17) is 0 Å². The number of hydrogen-bond acceptors (Lipinski definition) is 3. The molecule has 3 aromatic heterocycles. The SMILES string of the molecule is O=C(Nc1cccnc1)c1ccn2cncc2c1. The van der Waals surface area contributed by atoms with Gasteiger partial charge in [-0.05, 0) is 24.3 Å². The number of carbonyl (C=O) groups is 1. The van der Waals surface area contributed by atoms with Crippen LogP contribution in [0.25, 0.3) is 5.52 Å². The number of nitrogens with one attached hydrogen (secondary N) is 1. The van der Waals surface area contributed by atoms with Gasteiger partial charge in [0.1, 0.15) is 0 Å². The van der Waals surface area contributed by atoms with Gasteiger partial charge in [-0.15, -0.1) is 0 Å². The first-order chi connectivity index (χ1) is 8.83. The summed E-state index contributed by atoms with van der Waals surface area (Å²) in [7, 11) is 0. The molecule has 3 aromatic rings. The van der Waals surface area contributed by atoms with Crippen LogP contribution in [0.2, 0.25) is 0 Å². The third kappa shape index (κ3) is 1.93. The number of rotatable bonds is 2. The molecule has 1 N–H and O–H groups in total. The summed E-state index contributed by atoms with van der Waals surface area (Å²) < 4.78 is 1.85. The fourth-order valence-corrected chi connectivity index (χ4v) is 1.70. The number of hydrogen-bond donors (Lipinski definition) is 1. The quantitative estimate of drug-likeness (QED) is 0.742. The largest absolute Gasteiger partial charge is 0.321 e. The van der Waals surface area contributed by atoms with E-state index in [9.17, 15) is 4.79 Å². The molecule has 0 atom stereocenters. The lowest BCUT2D eigenvalue weighted by Gasteiger charge is -2.04. The number of carbonyl (C=O) groups excluding carboxylic acids is 1. The van der Waals surface area contributed by atoms with Crippen LogP contribution < -0.4 is 5.32 Å². The van der Waals surface area contributed by atoms with E-state index in [1.807, 2.05) is 4.40 Å². The molecule has 5 nitrogen and oxygen atoms in total. The van der Waals surface area contributed by atoms with Crippen molar-refractivity contribution in [3.8, 4) is 0 Å². The van der Waals surface area contributed by atoms with Crippen molar-refractivity contribution in [1.29, 1.82) is 0 Å². The van der Waals surface area contributed by atoms with Crippen molar-refractivity contribution < 1.29 is 4.79 Å². The van der Waals surface area contributed by atoms with Crippen LogP contribution in [0.1, 0.15) is 10.4 Å². The molecule has 0 aliphatic carbocycles. The second-order valence-corrected chi connectivity index (χ2v) is 3.84. The van der Waals surface area contributed by atoms with Crippen LogP contribution in [0.3, 0.4) is 0 Å². The third-order valence-electron chi connectivity index (χ3n) is 2.60. The summed E-state index contributed by atoms with van der Waals surface area (Å²) in [5.74, 6) is -0.160. The molecule has 88 valence electrons. The molecule has 0 unspecified atom stereocenters. The van der Waals surface area contributed by atoms with Gasteiger partial charge in [-0.1, -0.05) is 0 Å². The Labute approximate surface area is 103 Å². The minimum Gasteiger partial charge on any atom is -0.321 e. The van der Waals surface area contributed by atoms with E-state index >= 15 is 0 Å². The van der Waals surface area contributed by atoms with Crippen molar-refractivity contribution in [3.63, 3.8) is 0 Å². The fraction of sp³-hybridized carbons (Fsp3) is 0. The third-order valence-corrected chi connectivity index (χ3v) is 2.60. The van der Waals surface area contributed by atoms with Gasteiger partial charge < -0.3 is 9.72 Å². The zero-order valence-corrected chi connectivity index (χ0v) is 9.45. The lowest BCUT2D eigenvalue weighted by atomic mass is 10.2. The van der Waals surface area contributed by atoms with Crippen molar-refractivity contribution in [3.05, 3.63) is 60.9 Å². The Bertz CT molecular complexity index is 690. The molecule has 3 heterocycles. The van der Waals surface area contributed by atoms with Gasteiger partial charge in [0.15, 0.2) is 0 Å². The Morgan fingerprint density at radius 1 is 1.22 bits per heavy atom. The Morgan fingerprint density at radius 3 is 3.00 bits per heavy atom. The van der Waals surface area contributed by atoms with Crippen LogP contribution in [0.15, 0.2) is 55.4 Å². The van der Waals surface area contributed by atoms with E-state index in [1.165, 1.54) is 0 Å². The molecule has 0 aromatic carbocycles. The highest BCUT2D eigenvalue weighted by Crippen LogP contribution is 2.10. The van der Waals surface area contributed by atoms with Gasteiger partial charge in [0.05, 0.1) is 29.9 Å². The lowest BCUT2D eigenvalue weighted by molar-refractivity contribution is 0.102. The van der Waals surface area contributed by atoms with Gasteiger partial charge >= 0.3 is 0 Å². The minimum atomic E-state index is -0.160. The normalized spacial score (nSPS) is 10.4. The summed E-state index contributed by atoms with van der Waals surface area (Å²) in [4.78, 5) is 20.0. The lowest BCUT2D eigenvalue weighted by Crippen LogP contribution is -2.12. The highest BCUT2D eigenvalue weighted by Gasteiger charge is 2.06. The van der Waals surface area contributed by atoms with E-state index in [1.54, 1.807) is 55.4 Å². The summed E-state index contributed by atoms with van der Waals surface area (Å²) in [5.41, 5.74) is 2.15. The number of pyridine rings is 2. The average Bonchev–Trinajstić information content (AvgIpc) is 2.87. The molecule has 3 rings (SSSR count). The van der Waals surface area contributed by atoms with Crippen LogP contribution in [0.4, 0.5) is 5.69 Å². The molecule has 0 saturated carbocycles. The Balaban J connectivity index is 1.87. The second kappa shape index (κ2) is 4.29. The van der Waals surface area contributed by atoms with Crippen LogP contribution in [-0.2, 0) is 0 Å². The topological polar surface area (TPSA) is 59.3 Å². The van der Waals surface area contributed by atoms with Crippen LogP contribution >= 0.6 is 0 Å². The van der Waals surface area contributed by atoms with Gasteiger partial charge in [0, 0.05) is 18.0 Å². The number of aromatic nitrogens is 3. The number of fused-ring (bicyclic) bond motifs is 1. The molecule has 0 bridgehead atoms. The van der Waals surface area contributed by atoms with Gasteiger partial charge in [-0.2, -0.15) is 0 Å². The molecule has 0 fully saturated rings. The van der Waals surface area contributed by atoms with Gasteiger partial charge in [0.2, 0.25) is 0 Å². The first kappa shape index (κ1) is 10.5. The minimum absolute atomic E-state index is 0.160. The molecule has 18 heavy (non-hydrogen) atoms. The number of imidazole rings is 1. The van der Waals surface area contributed by atoms with Crippen LogP contribution in [0, 0.1) is 0 Å². The summed E-state index contributed by atoms with van der Waals surface area (Å²) in [6.45, 7) is 0. The van der Waals surface area contributed by atoms with Gasteiger partial charge in [0.25, 0.3) is 5.91 Å². The summed E-state index contributed by atoms with van der Waals surface area (Å²) in [6, 6.07) is 7.11. The first-order valence-corrected chi connectivity index (χ1v) is 5.46. The maximum Gasteiger partial charge on any atom is 0.255 e. The van der Waals surface area contributed by atoms with E-state index in [0.717, 1.165) is 5.52 Å². The molecule has 0 aliphatic heterocycles. The number of anilines is 1. The highest BCUT2D eigenvalue weighted by atomic mass is 16.1. The summed E-state index contributed by atoms with van der Waals surface area (Å²) in [5, 5.41) is 2.78. The maximum atomic E-state index is 12.0. The molecule has 5 heteroatoms. The highest BCUT2D eigenvalue weighted by molar-refractivity contribution is 6.04. The predicted molar refractivity (Wildman–Crippen MR) is 67.4 cm³/mol. The van der Waals surface area contributed by atoms with Crippen molar-refractivity contribution in [2.75, 3.05) is 5.32 Å². The van der Waals surface area contributed by atoms with Crippen molar-refractivity contribution >= 4 is 17.1 Å². The van der Waals surface area contributed by atoms with Crippen molar-refractivity contribution in [2.24, 2.45) is 0 Å². The Hall–Kier alpha value is -2.69. The zero-order valence-electron chi connectivity index (χ0n) is 9.45. The zero-order chi connectivity index (χ0) is 12.4. The fourth-order valence-electron chi connectivity index (χ4n) is 1.70. The molecule has 0 radical (unpaired) electrons.